The molecule has 9 heavy (non-hydrogen) atoms. The Balaban J connectivity index is 2.96. The Kier molecular flexibility index (Phi) is 5.46. The van der Waals surface area contributed by atoms with Gasteiger partial charge in [-0.25, -0.2) is 0 Å². The first-order valence-corrected chi connectivity index (χ1v) is 3.10. The molecule has 1 radical (unpaired) electrons. The average molecular weight is 130 g/mol. The third kappa shape index (κ3) is 5.46. The lowest BCUT2D eigenvalue weighted by atomic mass is 10.3. The third-order valence-electron chi connectivity index (χ3n) is 0.980. The molecule has 0 aromatic carbocycles. The highest BCUT2D eigenvalue weighted by molar-refractivity contribution is 5.55. The van der Waals surface area contributed by atoms with E-state index in [2.05, 4.69) is 5.32 Å². The van der Waals surface area contributed by atoms with E-state index in [1.165, 1.54) is 6.29 Å². The first-order chi connectivity index (χ1) is 4.31. The number of hydrogen-bond acceptors (Lipinski definition) is 3. The Labute approximate surface area is 55.1 Å². The molecule has 0 aliphatic rings. The Morgan fingerprint density at radius 3 is 2.89 bits per heavy atom. The van der Waals surface area contributed by atoms with Gasteiger partial charge in [0.1, 0.15) is 0 Å². The lowest BCUT2D eigenvalue weighted by Gasteiger charge is -2.02. The van der Waals surface area contributed by atoms with E-state index in [1.807, 2.05) is 6.92 Å². The smallest absolute Gasteiger partial charge is 0.245 e. The molecule has 0 spiro atoms. The Hall–Kier alpha value is -0.410. The molecule has 0 saturated carbocycles. The molecule has 1 atom stereocenters. The summed E-state index contributed by atoms with van der Waals surface area (Å²) >= 11 is 0. The fraction of sp³-hybridized carbons (Fsp3) is 0.833. The maximum absolute atomic E-state index is 9.66. The molecule has 0 saturated heterocycles. The van der Waals surface area contributed by atoms with Crippen LogP contribution in [0.1, 0.15) is 19.8 Å². The standard InChI is InChI=1S/C6H12NO2/c1-2-3-4-7-6(9)5-8/h6-7,9H,2-4H2,1H3. The van der Waals surface area contributed by atoms with Crippen molar-refractivity contribution in [3.05, 3.63) is 0 Å². The van der Waals surface area contributed by atoms with Gasteiger partial charge in [0.2, 0.25) is 6.29 Å². The van der Waals surface area contributed by atoms with E-state index in [1.54, 1.807) is 0 Å². The minimum absolute atomic E-state index is 0.674. The zero-order valence-corrected chi connectivity index (χ0v) is 5.55. The summed E-state index contributed by atoms with van der Waals surface area (Å²) in [6, 6.07) is 0. The summed E-state index contributed by atoms with van der Waals surface area (Å²) in [6.45, 7) is 2.71. The van der Waals surface area contributed by atoms with Gasteiger partial charge < -0.3 is 5.11 Å². The van der Waals surface area contributed by atoms with Gasteiger partial charge in [0.15, 0.2) is 6.23 Å². The Morgan fingerprint density at radius 2 is 2.44 bits per heavy atom. The average Bonchev–Trinajstić information content (AvgIpc) is 1.89. The van der Waals surface area contributed by atoms with Crippen molar-refractivity contribution >= 4 is 6.29 Å². The highest BCUT2D eigenvalue weighted by Gasteiger charge is 1.97. The van der Waals surface area contributed by atoms with Crippen LogP contribution >= 0.6 is 0 Å². The van der Waals surface area contributed by atoms with E-state index in [-0.39, 0.29) is 0 Å². The monoisotopic (exact) mass is 130 g/mol. The van der Waals surface area contributed by atoms with Crippen LogP contribution in [0.3, 0.4) is 0 Å². The number of nitrogens with one attached hydrogen (secondary N) is 1. The Bertz CT molecular complexity index is 75.5. The van der Waals surface area contributed by atoms with Crippen LogP contribution < -0.4 is 5.32 Å². The van der Waals surface area contributed by atoms with Gasteiger partial charge in [-0.15, -0.1) is 0 Å². The summed E-state index contributed by atoms with van der Waals surface area (Å²) in [5, 5.41) is 11.1. The molecule has 53 valence electrons. The van der Waals surface area contributed by atoms with Gasteiger partial charge in [-0.1, -0.05) is 13.3 Å². The normalized spacial score (nSPS) is 13.1. The van der Waals surface area contributed by atoms with Crippen molar-refractivity contribution in [2.45, 2.75) is 26.0 Å². The zero-order valence-electron chi connectivity index (χ0n) is 5.55. The van der Waals surface area contributed by atoms with Crippen molar-refractivity contribution in [2.75, 3.05) is 6.54 Å². The van der Waals surface area contributed by atoms with Gasteiger partial charge in [-0.3, -0.25) is 10.1 Å². The van der Waals surface area contributed by atoms with Crippen molar-refractivity contribution in [2.24, 2.45) is 0 Å². The topological polar surface area (TPSA) is 49.3 Å². The second kappa shape index (κ2) is 5.72. The van der Waals surface area contributed by atoms with Crippen LogP contribution in [0.2, 0.25) is 0 Å². The van der Waals surface area contributed by atoms with Crippen LogP contribution in [0.15, 0.2) is 0 Å². The quantitative estimate of drug-likeness (QED) is 0.400. The minimum Gasteiger partial charge on any atom is -0.371 e. The van der Waals surface area contributed by atoms with E-state index in [4.69, 9.17) is 5.11 Å². The highest BCUT2D eigenvalue weighted by Crippen LogP contribution is 1.82. The molecule has 0 bridgehead atoms. The predicted molar refractivity (Wildman–Crippen MR) is 34.6 cm³/mol. The number of rotatable bonds is 5. The van der Waals surface area contributed by atoms with E-state index in [0.29, 0.717) is 6.54 Å². The van der Waals surface area contributed by atoms with E-state index < -0.39 is 6.23 Å². The molecule has 3 nitrogen and oxygen atoms in total. The second-order valence-corrected chi connectivity index (χ2v) is 1.83. The number of carbonyl (C=O) groups excluding carboxylic acids is 1. The van der Waals surface area contributed by atoms with Gasteiger partial charge in [0.05, 0.1) is 0 Å². The number of aliphatic hydroxyl groups excluding tert-OH is 1. The van der Waals surface area contributed by atoms with Gasteiger partial charge in [-0.2, -0.15) is 0 Å². The molecule has 0 aromatic heterocycles. The zero-order chi connectivity index (χ0) is 7.11. The molecule has 0 aliphatic heterocycles. The van der Waals surface area contributed by atoms with Crippen LogP contribution in [0, 0.1) is 0 Å². The molecule has 3 heteroatoms. The molecule has 0 aromatic rings. The molecule has 1 unspecified atom stereocenters. The molecular formula is C6H12NO2. The van der Waals surface area contributed by atoms with Gasteiger partial charge in [0.25, 0.3) is 0 Å². The molecule has 0 heterocycles. The van der Waals surface area contributed by atoms with Gasteiger partial charge in [0, 0.05) is 0 Å². The SMILES string of the molecule is CCCCNC(O)[C]=O. The summed E-state index contributed by atoms with van der Waals surface area (Å²) in [4.78, 5) is 9.66. The van der Waals surface area contributed by atoms with Crippen molar-refractivity contribution in [3.63, 3.8) is 0 Å². The predicted octanol–water partition coefficient (Wildman–Crippen LogP) is -0.196. The molecule has 0 amide bonds. The number of hydrogen-bond donors (Lipinski definition) is 2. The lowest BCUT2D eigenvalue weighted by Crippen LogP contribution is -2.30. The lowest BCUT2D eigenvalue weighted by molar-refractivity contribution is 0.197. The van der Waals surface area contributed by atoms with Crippen LogP contribution in [-0.4, -0.2) is 24.2 Å². The van der Waals surface area contributed by atoms with Crippen LogP contribution in [0.25, 0.3) is 0 Å². The van der Waals surface area contributed by atoms with Crippen LogP contribution in [0.5, 0.6) is 0 Å². The van der Waals surface area contributed by atoms with Crippen LogP contribution in [0.4, 0.5) is 0 Å². The number of unbranched alkanes of at least 4 members (excludes halogenated alkanes) is 1. The minimum atomic E-state index is -1.10. The Morgan fingerprint density at radius 1 is 1.78 bits per heavy atom. The fourth-order valence-corrected chi connectivity index (χ4v) is 0.457. The van der Waals surface area contributed by atoms with Crippen molar-refractivity contribution in [1.82, 2.24) is 5.32 Å². The largest absolute Gasteiger partial charge is 0.371 e. The fourth-order valence-electron chi connectivity index (χ4n) is 0.457. The molecule has 0 aliphatic carbocycles. The van der Waals surface area contributed by atoms with E-state index in [9.17, 15) is 4.79 Å². The summed E-state index contributed by atoms with van der Waals surface area (Å²) in [5.41, 5.74) is 0. The number of aliphatic hydroxyl groups is 1. The summed E-state index contributed by atoms with van der Waals surface area (Å²) in [6.07, 6.45) is 2.34. The van der Waals surface area contributed by atoms with E-state index in [0.717, 1.165) is 12.8 Å². The molecule has 0 rings (SSSR count). The molecular weight excluding hydrogens is 118 g/mol. The van der Waals surface area contributed by atoms with Gasteiger partial charge in [-0.05, 0) is 13.0 Å². The van der Waals surface area contributed by atoms with Crippen molar-refractivity contribution in [3.8, 4) is 0 Å². The highest BCUT2D eigenvalue weighted by atomic mass is 16.3. The summed E-state index contributed by atoms with van der Waals surface area (Å²) < 4.78 is 0. The molecule has 0 fully saturated rings. The third-order valence-corrected chi connectivity index (χ3v) is 0.980. The van der Waals surface area contributed by atoms with Crippen LogP contribution in [-0.2, 0) is 4.79 Å². The van der Waals surface area contributed by atoms with Crippen molar-refractivity contribution < 1.29 is 9.90 Å². The van der Waals surface area contributed by atoms with Gasteiger partial charge >= 0.3 is 0 Å². The maximum atomic E-state index is 9.66. The van der Waals surface area contributed by atoms with E-state index >= 15 is 0 Å². The second-order valence-electron chi connectivity index (χ2n) is 1.83. The summed E-state index contributed by atoms with van der Waals surface area (Å²) in [5.74, 6) is 0. The first-order valence-electron chi connectivity index (χ1n) is 3.10. The first kappa shape index (κ1) is 8.59. The van der Waals surface area contributed by atoms with Crippen molar-refractivity contribution in [1.29, 1.82) is 0 Å². The molecule has 2 N–H and O–H groups in total. The summed E-state index contributed by atoms with van der Waals surface area (Å²) in [7, 11) is 0. The maximum Gasteiger partial charge on any atom is 0.245 e.